The van der Waals surface area contributed by atoms with Crippen molar-refractivity contribution in [3.05, 3.63) is 65.5 Å². The van der Waals surface area contributed by atoms with Crippen LogP contribution in [0.2, 0.25) is 0 Å². The largest absolute Gasteiger partial charge is 0.416 e. The Kier molecular flexibility index (Phi) is 4.97. The van der Waals surface area contributed by atoms with Crippen molar-refractivity contribution in [2.24, 2.45) is 0 Å². The summed E-state index contributed by atoms with van der Waals surface area (Å²) < 4.78 is 43.0. The van der Waals surface area contributed by atoms with E-state index in [9.17, 15) is 13.2 Å². The Bertz CT molecular complexity index is 870. The Morgan fingerprint density at radius 3 is 2.38 bits per heavy atom. The Balaban J connectivity index is 1.71. The zero-order valence-electron chi connectivity index (χ0n) is 14.3. The number of benzene rings is 2. The number of para-hydroxylation sites is 1. The van der Waals surface area contributed by atoms with Crippen molar-refractivity contribution < 1.29 is 17.7 Å². The van der Waals surface area contributed by atoms with Gasteiger partial charge in [0.1, 0.15) is 0 Å². The van der Waals surface area contributed by atoms with E-state index in [1.54, 1.807) is 0 Å². The number of alkyl halides is 3. The third-order valence-electron chi connectivity index (χ3n) is 3.95. The SMILES string of the molecule is CC(C)c1ccccc1NCc1nc(-c2ccc(C(F)(F)F)cc2)no1. The lowest BCUT2D eigenvalue weighted by Crippen LogP contribution is -2.04. The lowest BCUT2D eigenvalue weighted by molar-refractivity contribution is -0.137. The van der Waals surface area contributed by atoms with Crippen molar-refractivity contribution in [1.82, 2.24) is 10.1 Å². The normalized spacial score (nSPS) is 11.8. The molecule has 1 N–H and O–H groups in total. The molecule has 0 unspecified atom stereocenters. The van der Waals surface area contributed by atoms with Crippen LogP contribution in [0, 0.1) is 0 Å². The van der Waals surface area contributed by atoms with Crippen LogP contribution < -0.4 is 5.32 Å². The Hall–Kier alpha value is -2.83. The van der Waals surface area contributed by atoms with Gasteiger partial charge in [-0.1, -0.05) is 49.3 Å². The van der Waals surface area contributed by atoms with Gasteiger partial charge in [0.25, 0.3) is 0 Å². The van der Waals surface area contributed by atoms with E-state index >= 15 is 0 Å². The molecule has 1 heterocycles. The zero-order valence-corrected chi connectivity index (χ0v) is 14.3. The minimum atomic E-state index is -4.37. The highest BCUT2D eigenvalue weighted by Gasteiger charge is 2.30. The molecule has 0 fully saturated rings. The van der Waals surface area contributed by atoms with Crippen LogP contribution in [0.5, 0.6) is 0 Å². The lowest BCUT2D eigenvalue weighted by atomic mass is 10.0. The van der Waals surface area contributed by atoms with Crippen LogP contribution in [-0.4, -0.2) is 10.1 Å². The molecule has 0 atom stereocenters. The van der Waals surface area contributed by atoms with Gasteiger partial charge in [0.2, 0.25) is 11.7 Å². The third-order valence-corrected chi connectivity index (χ3v) is 3.95. The molecule has 0 aliphatic carbocycles. The summed E-state index contributed by atoms with van der Waals surface area (Å²) >= 11 is 0. The first-order valence-corrected chi connectivity index (χ1v) is 8.17. The fraction of sp³-hybridized carbons (Fsp3) is 0.263. The number of aromatic nitrogens is 2. The molecule has 3 rings (SSSR count). The molecule has 0 aliphatic rings. The summed E-state index contributed by atoms with van der Waals surface area (Å²) in [5.41, 5.74) is 1.92. The van der Waals surface area contributed by atoms with E-state index in [-0.39, 0.29) is 5.82 Å². The molecule has 0 radical (unpaired) electrons. The molecule has 0 aliphatic heterocycles. The van der Waals surface area contributed by atoms with Gasteiger partial charge in [0, 0.05) is 11.3 Å². The molecule has 4 nitrogen and oxygen atoms in total. The van der Waals surface area contributed by atoms with E-state index in [2.05, 4.69) is 35.4 Å². The lowest BCUT2D eigenvalue weighted by Gasteiger charge is -2.13. The minimum absolute atomic E-state index is 0.257. The van der Waals surface area contributed by atoms with Crippen LogP contribution in [0.1, 0.15) is 36.8 Å². The second-order valence-corrected chi connectivity index (χ2v) is 6.18. The molecule has 2 aromatic carbocycles. The van der Waals surface area contributed by atoms with Gasteiger partial charge >= 0.3 is 6.18 Å². The average Bonchev–Trinajstić information content (AvgIpc) is 3.08. The van der Waals surface area contributed by atoms with Crippen LogP contribution in [-0.2, 0) is 12.7 Å². The van der Waals surface area contributed by atoms with Gasteiger partial charge in [-0.3, -0.25) is 0 Å². The Labute approximate surface area is 149 Å². The number of anilines is 1. The van der Waals surface area contributed by atoms with Gasteiger partial charge in [-0.25, -0.2) is 0 Å². The van der Waals surface area contributed by atoms with Crippen LogP contribution in [0.25, 0.3) is 11.4 Å². The average molecular weight is 361 g/mol. The standard InChI is InChI=1S/C19H18F3N3O/c1-12(2)15-5-3-4-6-16(15)23-11-17-24-18(25-26-17)13-7-9-14(10-8-13)19(20,21)22/h3-10,12,23H,11H2,1-2H3. The highest BCUT2D eigenvalue weighted by molar-refractivity contribution is 5.55. The Morgan fingerprint density at radius 1 is 1.04 bits per heavy atom. The highest BCUT2D eigenvalue weighted by atomic mass is 19.4. The number of halogens is 3. The second-order valence-electron chi connectivity index (χ2n) is 6.18. The molecular formula is C19H18F3N3O. The van der Waals surface area contributed by atoms with Crippen LogP contribution >= 0.6 is 0 Å². The molecule has 0 spiro atoms. The first kappa shape index (κ1) is 18.0. The summed E-state index contributed by atoms with van der Waals surface area (Å²) in [7, 11) is 0. The summed E-state index contributed by atoms with van der Waals surface area (Å²) in [6.07, 6.45) is -4.37. The summed E-state index contributed by atoms with van der Waals surface area (Å²) in [5, 5.41) is 7.10. The van der Waals surface area contributed by atoms with Gasteiger partial charge < -0.3 is 9.84 Å². The predicted octanol–water partition coefficient (Wildman–Crippen LogP) is 5.49. The molecule has 7 heteroatoms. The van der Waals surface area contributed by atoms with Crippen molar-refractivity contribution in [3.63, 3.8) is 0 Å². The van der Waals surface area contributed by atoms with Crippen LogP contribution in [0.4, 0.5) is 18.9 Å². The van der Waals surface area contributed by atoms with Crippen molar-refractivity contribution in [2.75, 3.05) is 5.32 Å². The smallest absolute Gasteiger partial charge is 0.376 e. The number of nitrogens with zero attached hydrogens (tertiary/aromatic N) is 2. The van der Waals surface area contributed by atoms with Crippen molar-refractivity contribution >= 4 is 5.69 Å². The summed E-state index contributed by atoms with van der Waals surface area (Å²) in [5.74, 6) is 0.982. The highest BCUT2D eigenvalue weighted by Crippen LogP contribution is 2.30. The molecule has 136 valence electrons. The van der Waals surface area contributed by atoms with E-state index in [0.29, 0.717) is 23.9 Å². The first-order chi connectivity index (χ1) is 12.3. The monoisotopic (exact) mass is 361 g/mol. The van der Waals surface area contributed by atoms with E-state index in [1.165, 1.54) is 17.7 Å². The maximum Gasteiger partial charge on any atom is 0.416 e. The van der Waals surface area contributed by atoms with Gasteiger partial charge in [-0.2, -0.15) is 18.2 Å². The quantitative estimate of drug-likeness (QED) is 0.653. The van der Waals surface area contributed by atoms with Gasteiger partial charge in [-0.05, 0) is 29.7 Å². The van der Waals surface area contributed by atoms with E-state index in [0.717, 1.165) is 17.8 Å². The van der Waals surface area contributed by atoms with E-state index < -0.39 is 11.7 Å². The molecule has 0 saturated heterocycles. The molecule has 26 heavy (non-hydrogen) atoms. The number of rotatable bonds is 5. The number of hydrogen-bond acceptors (Lipinski definition) is 4. The molecule has 0 saturated carbocycles. The van der Waals surface area contributed by atoms with E-state index in [4.69, 9.17) is 4.52 Å². The molecule has 0 bridgehead atoms. The first-order valence-electron chi connectivity index (χ1n) is 8.17. The third kappa shape index (κ3) is 4.04. The summed E-state index contributed by atoms with van der Waals surface area (Å²) in [6, 6.07) is 12.6. The minimum Gasteiger partial charge on any atom is -0.376 e. The fourth-order valence-corrected chi connectivity index (χ4v) is 2.58. The number of nitrogens with one attached hydrogen (secondary N) is 1. The maximum atomic E-state index is 12.6. The van der Waals surface area contributed by atoms with Crippen molar-refractivity contribution in [1.29, 1.82) is 0 Å². The topological polar surface area (TPSA) is 51.0 Å². The van der Waals surface area contributed by atoms with Crippen molar-refractivity contribution in [3.8, 4) is 11.4 Å². The van der Waals surface area contributed by atoms with Gasteiger partial charge in [0.05, 0.1) is 12.1 Å². The van der Waals surface area contributed by atoms with Crippen LogP contribution in [0.15, 0.2) is 53.1 Å². The zero-order chi connectivity index (χ0) is 18.7. The van der Waals surface area contributed by atoms with Crippen molar-refractivity contribution in [2.45, 2.75) is 32.5 Å². The fourth-order valence-electron chi connectivity index (χ4n) is 2.58. The molecule has 0 amide bonds. The van der Waals surface area contributed by atoms with Crippen LogP contribution in [0.3, 0.4) is 0 Å². The van der Waals surface area contributed by atoms with Gasteiger partial charge in [0.15, 0.2) is 0 Å². The number of hydrogen-bond donors (Lipinski definition) is 1. The predicted molar refractivity (Wildman–Crippen MR) is 92.6 cm³/mol. The van der Waals surface area contributed by atoms with Gasteiger partial charge in [-0.15, -0.1) is 0 Å². The molecule has 3 aromatic rings. The summed E-state index contributed by atoms with van der Waals surface area (Å²) in [4.78, 5) is 4.24. The molecular weight excluding hydrogens is 343 g/mol. The maximum absolute atomic E-state index is 12.6. The Morgan fingerprint density at radius 2 is 1.73 bits per heavy atom. The summed E-state index contributed by atoms with van der Waals surface area (Å²) in [6.45, 7) is 4.54. The molecule has 1 aromatic heterocycles. The van der Waals surface area contributed by atoms with E-state index in [1.807, 2.05) is 18.2 Å². The second kappa shape index (κ2) is 7.19.